The van der Waals surface area contributed by atoms with Crippen molar-refractivity contribution in [2.45, 2.75) is 64.2 Å². The highest BCUT2D eigenvalue weighted by Gasteiger charge is 2.43. The molecular weight excluding hydrogens is 436 g/mol. The predicted octanol–water partition coefficient (Wildman–Crippen LogP) is 7.23. The second-order valence-electron chi connectivity index (χ2n) is 9.21. The molecule has 3 aromatic carbocycles. The summed E-state index contributed by atoms with van der Waals surface area (Å²) < 4.78 is 10.9. The Hall–Kier alpha value is -3.40. The van der Waals surface area contributed by atoms with Crippen molar-refractivity contribution in [3.05, 3.63) is 95.6 Å². The summed E-state index contributed by atoms with van der Waals surface area (Å²) in [4.78, 5) is 23.7. The van der Waals surface area contributed by atoms with Gasteiger partial charge in [-0.15, -0.1) is 0 Å². The van der Waals surface area contributed by atoms with E-state index < -0.39 is 0 Å². The Labute approximate surface area is 208 Å². The van der Waals surface area contributed by atoms with Crippen LogP contribution >= 0.6 is 0 Å². The third-order valence-electron chi connectivity index (χ3n) is 7.11. The highest BCUT2D eigenvalue weighted by atomic mass is 16.5. The fraction of sp³-hybridized carbons (Fsp3) is 0.355. The molecule has 0 amide bonds. The molecule has 182 valence electrons. The van der Waals surface area contributed by atoms with Gasteiger partial charge >= 0.3 is 11.9 Å². The molecule has 4 rings (SSSR count). The third-order valence-corrected chi connectivity index (χ3v) is 7.11. The summed E-state index contributed by atoms with van der Waals surface area (Å²) >= 11 is 0. The molecule has 4 heteroatoms. The van der Waals surface area contributed by atoms with Crippen LogP contribution in [-0.4, -0.2) is 11.9 Å². The van der Waals surface area contributed by atoms with E-state index in [-0.39, 0.29) is 17.4 Å². The summed E-state index contributed by atoms with van der Waals surface area (Å²) in [6.45, 7) is 3.59. The fourth-order valence-electron chi connectivity index (χ4n) is 5.42. The van der Waals surface area contributed by atoms with Crippen LogP contribution in [0.2, 0.25) is 0 Å². The fourth-order valence-corrected chi connectivity index (χ4v) is 5.42. The summed E-state index contributed by atoms with van der Waals surface area (Å²) in [6, 6.07) is 26.7. The lowest BCUT2D eigenvalue weighted by molar-refractivity contribution is -0.134. The first-order chi connectivity index (χ1) is 17.1. The minimum absolute atomic E-state index is 0.239. The molecule has 0 heterocycles. The van der Waals surface area contributed by atoms with Crippen LogP contribution in [-0.2, 0) is 15.0 Å². The van der Waals surface area contributed by atoms with Crippen LogP contribution < -0.4 is 9.47 Å². The molecule has 1 saturated carbocycles. The lowest BCUT2D eigenvalue weighted by atomic mass is 9.58. The zero-order valence-electron chi connectivity index (χ0n) is 20.7. The molecule has 3 aromatic rings. The normalized spacial score (nSPS) is 14.3. The van der Waals surface area contributed by atoms with E-state index >= 15 is 0 Å². The predicted molar refractivity (Wildman–Crippen MR) is 138 cm³/mol. The summed E-state index contributed by atoms with van der Waals surface area (Å²) in [5, 5.41) is 0. The van der Waals surface area contributed by atoms with Crippen LogP contribution in [0.5, 0.6) is 11.5 Å². The number of esters is 2. The summed E-state index contributed by atoms with van der Waals surface area (Å²) in [6.07, 6.45) is 6.62. The van der Waals surface area contributed by atoms with Crippen LogP contribution in [0.25, 0.3) is 0 Å². The number of carbonyl (C=O) groups is 2. The molecule has 0 bridgehead atoms. The second kappa shape index (κ2) is 11.4. The molecule has 0 spiro atoms. The standard InChI is InChI=1S/C31H34O4/c1-3-29(32)34-27-19-15-25(16-20-27)31(23-11-7-5-8-12-23,24-13-9-6-10-14-24)26-17-21-28(22-18-26)35-30(33)4-2/h5,7-8,11-12,15-22,24H,3-4,6,9-10,13-14H2,1-2H3. The van der Waals surface area contributed by atoms with Crippen molar-refractivity contribution in [1.29, 1.82) is 0 Å². The van der Waals surface area contributed by atoms with Crippen LogP contribution in [0.15, 0.2) is 78.9 Å². The number of rotatable bonds is 8. The van der Waals surface area contributed by atoms with Crippen molar-refractivity contribution in [2.24, 2.45) is 5.92 Å². The molecule has 1 aliphatic rings. The topological polar surface area (TPSA) is 52.6 Å². The van der Waals surface area contributed by atoms with Crippen LogP contribution in [0, 0.1) is 5.92 Å². The van der Waals surface area contributed by atoms with Gasteiger partial charge in [-0.2, -0.15) is 0 Å². The van der Waals surface area contributed by atoms with Gasteiger partial charge in [-0.1, -0.05) is 87.7 Å². The Morgan fingerprint density at radius 1 is 0.657 bits per heavy atom. The van der Waals surface area contributed by atoms with Gasteiger partial charge < -0.3 is 9.47 Å². The monoisotopic (exact) mass is 470 g/mol. The van der Waals surface area contributed by atoms with Crippen molar-refractivity contribution >= 4 is 11.9 Å². The number of hydrogen-bond donors (Lipinski definition) is 0. The van der Waals surface area contributed by atoms with Gasteiger partial charge in [-0.05, 0) is 59.7 Å². The van der Waals surface area contributed by atoms with E-state index in [4.69, 9.17) is 9.47 Å². The molecule has 0 radical (unpaired) electrons. The van der Waals surface area contributed by atoms with Crippen molar-refractivity contribution in [3.8, 4) is 11.5 Å². The van der Waals surface area contributed by atoms with Crippen molar-refractivity contribution < 1.29 is 19.1 Å². The molecule has 1 fully saturated rings. The van der Waals surface area contributed by atoms with Gasteiger partial charge in [0.25, 0.3) is 0 Å². The first-order valence-corrected chi connectivity index (χ1v) is 12.8. The number of carbonyl (C=O) groups excluding carboxylic acids is 2. The average molecular weight is 471 g/mol. The summed E-state index contributed by atoms with van der Waals surface area (Å²) in [5.41, 5.74) is 3.21. The van der Waals surface area contributed by atoms with Gasteiger partial charge in [0.15, 0.2) is 0 Å². The molecular formula is C31H34O4. The Morgan fingerprint density at radius 2 is 1.09 bits per heavy atom. The van der Waals surface area contributed by atoms with Gasteiger partial charge in [0, 0.05) is 18.3 Å². The highest BCUT2D eigenvalue weighted by Crippen LogP contribution is 2.50. The minimum atomic E-state index is -0.373. The molecule has 0 atom stereocenters. The Bertz CT molecular complexity index is 1050. The quantitative estimate of drug-likeness (QED) is 0.198. The highest BCUT2D eigenvalue weighted by molar-refractivity contribution is 5.72. The van der Waals surface area contributed by atoms with Crippen LogP contribution in [0.1, 0.15) is 75.5 Å². The van der Waals surface area contributed by atoms with Gasteiger partial charge in [0.1, 0.15) is 11.5 Å². The molecule has 0 aliphatic heterocycles. The zero-order valence-corrected chi connectivity index (χ0v) is 20.7. The van der Waals surface area contributed by atoms with Gasteiger partial charge in [-0.3, -0.25) is 9.59 Å². The van der Waals surface area contributed by atoms with Gasteiger partial charge in [-0.25, -0.2) is 0 Å². The maximum Gasteiger partial charge on any atom is 0.310 e. The minimum Gasteiger partial charge on any atom is -0.427 e. The summed E-state index contributed by atoms with van der Waals surface area (Å²) in [5.74, 6) is 1.06. The molecule has 0 N–H and O–H groups in total. The maximum absolute atomic E-state index is 11.8. The van der Waals surface area contributed by atoms with Crippen molar-refractivity contribution in [3.63, 3.8) is 0 Å². The zero-order chi connectivity index (χ0) is 24.7. The number of benzene rings is 3. The van der Waals surface area contributed by atoms with Crippen LogP contribution in [0.4, 0.5) is 0 Å². The van der Waals surface area contributed by atoms with Gasteiger partial charge in [0.2, 0.25) is 0 Å². The first kappa shape index (κ1) is 24.7. The molecule has 0 unspecified atom stereocenters. The smallest absolute Gasteiger partial charge is 0.310 e. The molecule has 4 nitrogen and oxygen atoms in total. The van der Waals surface area contributed by atoms with E-state index in [2.05, 4.69) is 54.6 Å². The first-order valence-electron chi connectivity index (χ1n) is 12.8. The number of ether oxygens (including phenoxy) is 2. The molecule has 35 heavy (non-hydrogen) atoms. The van der Waals surface area contributed by atoms with E-state index in [1.165, 1.54) is 36.0 Å². The van der Waals surface area contributed by atoms with Crippen molar-refractivity contribution in [2.75, 3.05) is 0 Å². The number of hydrogen-bond acceptors (Lipinski definition) is 4. The molecule has 0 aromatic heterocycles. The lowest BCUT2D eigenvalue weighted by Crippen LogP contribution is -2.39. The van der Waals surface area contributed by atoms with E-state index in [0.717, 1.165) is 12.8 Å². The Balaban J connectivity index is 1.86. The lowest BCUT2D eigenvalue weighted by Gasteiger charge is -2.44. The van der Waals surface area contributed by atoms with E-state index in [0.29, 0.717) is 30.3 Å². The Morgan fingerprint density at radius 3 is 1.51 bits per heavy atom. The molecule has 1 aliphatic carbocycles. The van der Waals surface area contributed by atoms with E-state index in [9.17, 15) is 9.59 Å². The van der Waals surface area contributed by atoms with Crippen molar-refractivity contribution in [1.82, 2.24) is 0 Å². The average Bonchev–Trinajstić information content (AvgIpc) is 2.92. The maximum atomic E-state index is 11.8. The van der Waals surface area contributed by atoms with Gasteiger partial charge in [0.05, 0.1) is 0 Å². The third kappa shape index (κ3) is 5.32. The van der Waals surface area contributed by atoms with E-state index in [1.54, 1.807) is 13.8 Å². The SMILES string of the molecule is CCC(=O)Oc1ccc(C(c2ccccc2)(c2ccc(OC(=O)CC)cc2)C2CCCCC2)cc1. The molecule has 0 saturated heterocycles. The second-order valence-corrected chi connectivity index (χ2v) is 9.21. The van der Waals surface area contributed by atoms with E-state index in [1.807, 2.05) is 24.3 Å². The summed E-state index contributed by atoms with van der Waals surface area (Å²) in [7, 11) is 0. The largest absolute Gasteiger partial charge is 0.427 e. The Kier molecular flexibility index (Phi) is 8.02. The van der Waals surface area contributed by atoms with Crippen LogP contribution in [0.3, 0.4) is 0 Å².